The molecule has 1 heterocycles. The van der Waals surface area contributed by atoms with Crippen LogP contribution in [0.25, 0.3) is 0 Å². The highest BCUT2D eigenvalue weighted by Gasteiger charge is 2.30. The SMILES string of the molecule is CC(C)C[C@@H](N)C(=O)N1CCOc2c(C(=O)O)cccc21. The standard InChI is InChI=1S/C15H20N2O4/c1-9(2)8-11(16)14(18)17-6-7-21-13-10(15(19)20)4-3-5-12(13)17/h3-5,9,11H,6-8,16H2,1-2H3,(H,19,20)/t11-/m1/s1. The fourth-order valence-electron chi connectivity index (χ4n) is 2.45. The van der Waals surface area contributed by atoms with Crippen LogP contribution in [-0.4, -0.2) is 36.2 Å². The Hall–Kier alpha value is -2.08. The Balaban J connectivity index is 2.32. The molecule has 0 aliphatic carbocycles. The Kier molecular flexibility index (Phi) is 4.47. The Morgan fingerprint density at radius 1 is 1.43 bits per heavy atom. The van der Waals surface area contributed by atoms with Gasteiger partial charge in [0.1, 0.15) is 12.2 Å². The van der Waals surface area contributed by atoms with E-state index in [1.165, 1.54) is 11.0 Å². The first-order valence-corrected chi connectivity index (χ1v) is 6.98. The number of benzene rings is 1. The lowest BCUT2D eigenvalue weighted by atomic mass is 10.0. The van der Waals surface area contributed by atoms with Crippen LogP contribution < -0.4 is 15.4 Å². The van der Waals surface area contributed by atoms with E-state index in [0.29, 0.717) is 24.6 Å². The lowest BCUT2D eigenvalue weighted by Crippen LogP contribution is -2.47. The molecule has 3 N–H and O–H groups in total. The highest BCUT2D eigenvalue weighted by molar-refractivity contribution is 6.01. The second-order valence-electron chi connectivity index (χ2n) is 5.53. The van der Waals surface area contributed by atoms with Crippen molar-refractivity contribution in [2.24, 2.45) is 11.7 Å². The first-order valence-electron chi connectivity index (χ1n) is 6.98. The summed E-state index contributed by atoms with van der Waals surface area (Å²) in [6.45, 7) is 4.64. The van der Waals surface area contributed by atoms with Crippen LogP contribution in [0.3, 0.4) is 0 Å². The Labute approximate surface area is 123 Å². The molecule has 0 radical (unpaired) electrons. The smallest absolute Gasteiger partial charge is 0.339 e. The molecular formula is C15H20N2O4. The Morgan fingerprint density at radius 2 is 2.14 bits per heavy atom. The number of rotatable bonds is 4. The molecule has 0 saturated heterocycles. The van der Waals surface area contributed by atoms with E-state index in [1.54, 1.807) is 12.1 Å². The number of fused-ring (bicyclic) bond motifs is 1. The van der Waals surface area contributed by atoms with E-state index < -0.39 is 12.0 Å². The third-order valence-electron chi connectivity index (χ3n) is 3.39. The zero-order valence-corrected chi connectivity index (χ0v) is 12.2. The number of carbonyl (C=O) groups excluding carboxylic acids is 1. The quantitative estimate of drug-likeness (QED) is 0.877. The average Bonchev–Trinajstić information content (AvgIpc) is 2.44. The van der Waals surface area contributed by atoms with Crippen molar-refractivity contribution >= 4 is 17.6 Å². The van der Waals surface area contributed by atoms with Gasteiger partial charge in [0, 0.05) is 0 Å². The van der Waals surface area contributed by atoms with Gasteiger partial charge in [-0.15, -0.1) is 0 Å². The van der Waals surface area contributed by atoms with Gasteiger partial charge in [0.25, 0.3) is 0 Å². The van der Waals surface area contributed by atoms with Gasteiger partial charge in [0.05, 0.1) is 18.3 Å². The second kappa shape index (κ2) is 6.13. The van der Waals surface area contributed by atoms with Gasteiger partial charge < -0.3 is 20.5 Å². The molecule has 114 valence electrons. The molecule has 0 saturated carbocycles. The minimum atomic E-state index is -1.08. The van der Waals surface area contributed by atoms with Crippen LogP contribution in [0.4, 0.5) is 5.69 Å². The number of carbonyl (C=O) groups is 2. The van der Waals surface area contributed by atoms with E-state index in [-0.39, 0.29) is 23.8 Å². The number of ether oxygens (including phenoxy) is 1. The van der Waals surface area contributed by atoms with Crippen molar-refractivity contribution in [1.29, 1.82) is 0 Å². The van der Waals surface area contributed by atoms with Crippen molar-refractivity contribution in [2.45, 2.75) is 26.3 Å². The first kappa shape index (κ1) is 15.3. The summed E-state index contributed by atoms with van der Waals surface area (Å²) >= 11 is 0. The number of hydrogen-bond donors (Lipinski definition) is 2. The maximum atomic E-state index is 12.5. The van der Waals surface area contributed by atoms with Crippen LogP contribution >= 0.6 is 0 Å². The zero-order chi connectivity index (χ0) is 15.6. The Morgan fingerprint density at radius 3 is 2.76 bits per heavy atom. The molecule has 0 unspecified atom stereocenters. The topological polar surface area (TPSA) is 92.9 Å². The van der Waals surface area contributed by atoms with Crippen molar-refractivity contribution in [3.63, 3.8) is 0 Å². The van der Waals surface area contributed by atoms with Crippen molar-refractivity contribution in [1.82, 2.24) is 0 Å². The van der Waals surface area contributed by atoms with Crippen LogP contribution in [-0.2, 0) is 4.79 Å². The largest absolute Gasteiger partial charge is 0.489 e. The predicted molar refractivity (Wildman–Crippen MR) is 78.7 cm³/mol. The van der Waals surface area contributed by atoms with Gasteiger partial charge in [-0.25, -0.2) is 4.79 Å². The predicted octanol–water partition coefficient (Wildman–Crippen LogP) is 1.48. The van der Waals surface area contributed by atoms with Gasteiger partial charge in [-0.2, -0.15) is 0 Å². The van der Waals surface area contributed by atoms with Crippen LogP contribution in [0.2, 0.25) is 0 Å². The second-order valence-corrected chi connectivity index (χ2v) is 5.53. The molecule has 0 bridgehead atoms. The summed E-state index contributed by atoms with van der Waals surface area (Å²) in [5, 5.41) is 9.19. The monoisotopic (exact) mass is 292 g/mol. The minimum Gasteiger partial charge on any atom is -0.489 e. The molecule has 1 atom stereocenters. The van der Waals surface area contributed by atoms with E-state index in [1.807, 2.05) is 13.8 Å². The van der Waals surface area contributed by atoms with Gasteiger partial charge in [-0.3, -0.25) is 4.79 Å². The number of anilines is 1. The zero-order valence-electron chi connectivity index (χ0n) is 12.2. The first-order chi connectivity index (χ1) is 9.91. The highest BCUT2D eigenvalue weighted by Crippen LogP contribution is 2.35. The Bertz CT molecular complexity index is 557. The normalized spacial score (nSPS) is 15.3. The molecule has 1 amide bonds. The number of amides is 1. The fourth-order valence-corrected chi connectivity index (χ4v) is 2.45. The maximum absolute atomic E-state index is 12.5. The number of nitrogens with two attached hydrogens (primary N) is 1. The molecule has 6 nitrogen and oxygen atoms in total. The molecule has 1 aromatic rings. The number of para-hydroxylation sites is 1. The third-order valence-corrected chi connectivity index (χ3v) is 3.39. The van der Waals surface area contributed by atoms with E-state index in [9.17, 15) is 14.7 Å². The minimum absolute atomic E-state index is 0.0578. The van der Waals surface area contributed by atoms with E-state index in [2.05, 4.69) is 0 Å². The van der Waals surface area contributed by atoms with Gasteiger partial charge >= 0.3 is 5.97 Å². The summed E-state index contributed by atoms with van der Waals surface area (Å²) < 4.78 is 5.44. The van der Waals surface area contributed by atoms with Crippen molar-refractivity contribution in [2.75, 3.05) is 18.1 Å². The van der Waals surface area contributed by atoms with Gasteiger partial charge in [-0.05, 0) is 24.5 Å². The lowest BCUT2D eigenvalue weighted by Gasteiger charge is -2.32. The van der Waals surface area contributed by atoms with Crippen LogP contribution in [0.15, 0.2) is 18.2 Å². The molecule has 1 aliphatic rings. The van der Waals surface area contributed by atoms with Crippen LogP contribution in [0.5, 0.6) is 5.75 Å². The summed E-state index contributed by atoms with van der Waals surface area (Å²) in [7, 11) is 0. The number of carboxylic acid groups (broad SMARTS) is 1. The highest BCUT2D eigenvalue weighted by atomic mass is 16.5. The lowest BCUT2D eigenvalue weighted by molar-refractivity contribution is -0.120. The van der Waals surface area contributed by atoms with Crippen molar-refractivity contribution in [3.05, 3.63) is 23.8 Å². The summed E-state index contributed by atoms with van der Waals surface area (Å²) in [4.78, 5) is 25.2. The summed E-state index contributed by atoms with van der Waals surface area (Å²) in [5.74, 6) is -0.723. The van der Waals surface area contributed by atoms with Crippen LogP contribution in [0, 0.1) is 5.92 Å². The number of nitrogens with zero attached hydrogens (tertiary/aromatic N) is 1. The molecule has 0 aromatic heterocycles. The number of carboxylic acids is 1. The molecule has 0 fully saturated rings. The number of hydrogen-bond acceptors (Lipinski definition) is 4. The molecule has 1 aromatic carbocycles. The maximum Gasteiger partial charge on any atom is 0.339 e. The van der Waals surface area contributed by atoms with E-state index in [4.69, 9.17) is 10.5 Å². The van der Waals surface area contributed by atoms with Crippen LogP contribution in [0.1, 0.15) is 30.6 Å². The summed E-state index contributed by atoms with van der Waals surface area (Å²) in [5.41, 5.74) is 6.49. The fraction of sp³-hybridized carbons (Fsp3) is 0.467. The summed E-state index contributed by atoms with van der Waals surface area (Å²) in [6.07, 6.45) is 0.587. The average molecular weight is 292 g/mol. The van der Waals surface area contributed by atoms with Crippen molar-refractivity contribution in [3.8, 4) is 5.75 Å². The molecule has 0 spiro atoms. The van der Waals surface area contributed by atoms with E-state index in [0.717, 1.165) is 0 Å². The molecule has 1 aliphatic heterocycles. The number of aromatic carboxylic acids is 1. The van der Waals surface area contributed by atoms with Gasteiger partial charge in [0.15, 0.2) is 5.75 Å². The van der Waals surface area contributed by atoms with Gasteiger partial charge in [0.2, 0.25) is 5.91 Å². The molecule has 6 heteroatoms. The molecule has 21 heavy (non-hydrogen) atoms. The van der Waals surface area contributed by atoms with E-state index >= 15 is 0 Å². The molecule has 2 rings (SSSR count). The third kappa shape index (κ3) is 3.16. The molecular weight excluding hydrogens is 272 g/mol. The summed E-state index contributed by atoms with van der Waals surface area (Å²) in [6, 6.07) is 4.15. The van der Waals surface area contributed by atoms with Crippen molar-refractivity contribution < 1.29 is 19.4 Å². The van der Waals surface area contributed by atoms with Gasteiger partial charge in [-0.1, -0.05) is 19.9 Å².